The summed E-state index contributed by atoms with van der Waals surface area (Å²) in [6, 6.07) is 0.562. The highest BCUT2D eigenvalue weighted by Gasteiger charge is 2.39. The second kappa shape index (κ2) is 7.81. The molecule has 2 heteroatoms. The van der Waals surface area contributed by atoms with E-state index in [0.29, 0.717) is 11.6 Å². The summed E-state index contributed by atoms with van der Waals surface area (Å²) in [5.41, 5.74) is 0.334. The lowest BCUT2D eigenvalue weighted by Gasteiger charge is -2.46. The molecule has 104 valence electrons. The maximum Gasteiger partial charge on any atom is 0.0356 e. The lowest BCUT2D eigenvalue weighted by Crippen LogP contribution is -2.58. The molecule has 1 fully saturated rings. The molecule has 1 unspecified atom stereocenters. The van der Waals surface area contributed by atoms with Crippen molar-refractivity contribution in [3.8, 4) is 11.8 Å². The summed E-state index contributed by atoms with van der Waals surface area (Å²) < 4.78 is 0. The minimum absolute atomic E-state index is 0.334. The van der Waals surface area contributed by atoms with E-state index in [1.807, 2.05) is 6.92 Å². The first-order valence-electron chi connectivity index (χ1n) is 7.41. The van der Waals surface area contributed by atoms with E-state index in [1.54, 1.807) is 0 Å². The van der Waals surface area contributed by atoms with Crippen molar-refractivity contribution in [2.24, 2.45) is 0 Å². The highest BCUT2D eigenvalue weighted by atomic mass is 15.2. The van der Waals surface area contributed by atoms with Crippen LogP contribution < -0.4 is 5.32 Å². The molecule has 0 aromatic carbocycles. The maximum absolute atomic E-state index is 3.57. The summed E-state index contributed by atoms with van der Waals surface area (Å²) in [7, 11) is 6.61. The van der Waals surface area contributed by atoms with Crippen molar-refractivity contribution >= 4 is 0 Å². The van der Waals surface area contributed by atoms with Gasteiger partial charge >= 0.3 is 0 Å². The molecule has 1 atom stereocenters. The van der Waals surface area contributed by atoms with E-state index >= 15 is 0 Å². The SMILES string of the molecule is CC#CCCC(NC)C1(N(C)C)CCCCCC1. The highest BCUT2D eigenvalue weighted by Crippen LogP contribution is 2.35. The summed E-state index contributed by atoms with van der Waals surface area (Å²) in [5.74, 6) is 6.23. The molecule has 0 aliphatic heterocycles. The molecule has 0 bridgehead atoms. The zero-order valence-electron chi connectivity index (χ0n) is 12.7. The Labute approximate surface area is 114 Å². The summed E-state index contributed by atoms with van der Waals surface area (Å²) in [6.07, 6.45) is 10.4. The summed E-state index contributed by atoms with van der Waals surface area (Å²) >= 11 is 0. The van der Waals surface area contributed by atoms with Crippen LogP contribution in [0.2, 0.25) is 0 Å². The van der Waals surface area contributed by atoms with Gasteiger partial charge in [-0.05, 0) is 47.3 Å². The molecule has 1 rings (SSSR count). The van der Waals surface area contributed by atoms with Gasteiger partial charge in [0.2, 0.25) is 0 Å². The zero-order chi connectivity index (χ0) is 13.4. The van der Waals surface area contributed by atoms with Crippen LogP contribution in [0.15, 0.2) is 0 Å². The van der Waals surface area contributed by atoms with E-state index < -0.39 is 0 Å². The molecule has 1 aliphatic carbocycles. The fourth-order valence-corrected chi connectivity index (χ4v) is 3.47. The van der Waals surface area contributed by atoms with E-state index in [0.717, 1.165) is 12.8 Å². The average Bonchev–Trinajstić information content (AvgIpc) is 2.61. The number of rotatable bonds is 5. The third-order valence-electron chi connectivity index (χ3n) is 4.59. The Morgan fingerprint density at radius 3 is 2.22 bits per heavy atom. The Kier molecular flexibility index (Phi) is 6.75. The van der Waals surface area contributed by atoms with Crippen molar-refractivity contribution < 1.29 is 0 Å². The van der Waals surface area contributed by atoms with E-state index in [4.69, 9.17) is 0 Å². The van der Waals surface area contributed by atoms with Gasteiger partial charge in [0.25, 0.3) is 0 Å². The maximum atomic E-state index is 3.57. The van der Waals surface area contributed by atoms with Crippen LogP contribution in [0, 0.1) is 11.8 Å². The molecule has 0 saturated heterocycles. The van der Waals surface area contributed by atoms with Crippen LogP contribution >= 0.6 is 0 Å². The molecule has 0 radical (unpaired) electrons. The Morgan fingerprint density at radius 1 is 1.17 bits per heavy atom. The molecule has 1 N–H and O–H groups in total. The van der Waals surface area contributed by atoms with Gasteiger partial charge in [-0.25, -0.2) is 0 Å². The minimum atomic E-state index is 0.334. The van der Waals surface area contributed by atoms with Crippen LogP contribution in [0.1, 0.15) is 58.3 Å². The van der Waals surface area contributed by atoms with Gasteiger partial charge in [0.05, 0.1) is 0 Å². The van der Waals surface area contributed by atoms with Crippen LogP contribution in [0.25, 0.3) is 0 Å². The molecule has 0 aromatic heterocycles. The molecule has 2 nitrogen and oxygen atoms in total. The minimum Gasteiger partial charge on any atom is -0.315 e. The predicted molar refractivity (Wildman–Crippen MR) is 79.7 cm³/mol. The smallest absolute Gasteiger partial charge is 0.0356 e. The topological polar surface area (TPSA) is 15.3 Å². The van der Waals surface area contributed by atoms with Gasteiger partial charge < -0.3 is 10.2 Å². The molecular weight excluding hydrogens is 220 g/mol. The van der Waals surface area contributed by atoms with Crippen molar-refractivity contribution in [2.45, 2.75) is 69.9 Å². The van der Waals surface area contributed by atoms with E-state index in [2.05, 4.69) is 43.2 Å². The van der Waals surface area contributed by atoms with Crippen molar-refractivity contribution in [1.29, 1.82) is 0 Å². The lowest BCUT2D eigenvalue weighted by molar-refractivity contribution is 0.0803. The first-order valence-corrected chi connectivity index (χ1v) is 7.41. The van der Waals surface area contributed by atoms with Gasteiger partial charge in [-0.2, -0.15) is 0 Å². The van der Waals surface area contributed by atoms with Gasteiger partial charge in [0.15, 0.2) is 0 Å². The summed E-state index contributed by atoms with van der Waals surface area (Å²) in [5, 5.41) is 3.57. The fraction of sp³-hybridized carbons (Fsp3) is 0.875. The first kappa shape index (κ1) is 15.5. The van der Waals surface area contributed by atoms with Crippen LogP contribution in [0.4, 0.5) is 0 Å². The molecule has 18 heavy (non-hydrogen) atoms. The van der Waals surface area contributed by atoms with Crippen molar-refractivity contribution in [3.63, 3.8) is 0 Å². The molecule has 1 aliphatic rings. The van der Waals surface area contributed by atoms with Gasteiger partial charge in [-0.15, -0.1) is 11.8 Å². The van der Waals surface area contributed by atoms with Crippen molar-refractivity contribution in [2.75, 3.05) is 21.1 Å². The first-order chi connectivity index (χ1) is 8.67. The summed E-state index contributed by atoms with van der Waals surface area (Å²) in [6.45, 7) is 1.93. The van der Waals surface area contributed by atoms with Crippen molar-refractivity contribution in [3.05, 3.63) is 0 Å². The number of hydrogen-bond donors (Lipinski definition) is 1. The average molecular weight is 250 g/mol. The summed E-state index contributed by atoms with van der Waals surface area (Å²) in [4.78, 5) is 2.47. The second-order valence-electron chi connectivity index (χ2n) is 5.72. The fourth-order valence-electron chi connectivity index (χ4n) is 3.47. The van der Waals surface area contributed by atoms with E-state index in [9.17, 15) is 0 Å². The highest BCUT2D eigenvalue weighted by molar-refractivity contribution is 5.02. The Morgan fingerprint density at radius 2 is 1.78 bits per heavy atom. The molecule has 0 heterocycles. The van der Waals surface area contributed by atoms with Gasteiger partial charge in [-0.3, -0.25) is 0 Å². The second-order valence-corrected chi connectivity index (χ2v) is 5.72. The van der Waals surface area contributed by atoms with Crippen LogP contribution in [-0.2, 0) is 0 Å². The quantitative estimate of drug-likeness (QED) is 0.596. The molecule has 0 amide bonds. The predicted octanol–water partition coefficient (Wildman–Crippen LogP) is 3.03. The number of nitrogens with zero attached hydrogens (tertiary/aromatic N) is 1. The van der Waals surface area contributed by atoms with Gasteiger partial charge in [0, 0.05) is 18.0 Å². The lowest BCUT2D eigenvalue weighted by atomic mass is 9.79. The molecule has 0 aromatic rings. The number of nitrogens with one attached hydrogen (secondary N) is 1. The van der Waals surface area contributed by atoms with Crippen molar-refractivity contribution in [1.82, 2.24) is 10.2 Å². The van der Waals surface area contributed by atoms with Crippen LogP contribution in [0.3, 0.4) is 0 Å². The normalized spacial score (nSPS) is 20.9. The van der Waals surface area contributed by atoms with E-state index in [-0.39, 0.29) is 0 Å². The monoisotopic (exact) mass is 250 g/mol. The van der Waals surface area contributed by atoms with E-state index in [1.165, 1.54) is 38.5 Å². The van der Waals surface area contributed by atoms with Crippen LogP contribution in [-0.4, -0.2) is 37.6 Å². The number of likely N-dealkylation sites (N-methyl/N-ethyl adjacent to an activating group) is 2. The third kappa shape index (κ3) is 3.73. The standard InChI is InChI=1S/C16H30N2/c1-5-6-9-12-15(17-2)16(18(3)4)13-10-7-8-11-14-16/h15,17H,7-14H2,1-4H3. The third-order valence-corrected chi connectivity index (χ3v) is 4.59. The zero-order valence-corrected chi connectivity index (χ0v) is 12.7. The molecule has 0 spiro atoms. The Balaban J connectivity index is 2.80. The Hall–Kier alpha value is -0.520. The molecular formula is C16H30N2. The number of hydrogen-bond acceptors (Lipinski definition) is 2. The Bertz CT molecular complexity index is 277. The largest absolute Gasteiger partial charge is 0.315 e. The molecule has 1 saturated carbocycles. The van der Waals surface area contributed by atoms with Gasteiger partial charge in [-0.1, -0.05) is 25.7 Å². The van der Waals surface area contributed by atoms with Gasteiger partial charge in [0.1, 0.15) is 0 Å². The van der Waals surface area contributed by atoms with Crippen LogP contribution in [0.5, 0.6) is 0 Å².